The van der Waals surface area contributed by atoms with E-state index in [-0.39, 0.29) is 18.5 Å². The van der Waals surface area contributed by atoms with E-state index < -0.39 is 27.6 Å². The van der Waals surface area contributed by atoms with E-state index in [1.807, 2.05) is 0 Å². The van der Waals surface area contributed by atoms with Crippen LogP contribution in [0, 0.1) is 0 Å². The highest BCUT2D eigenvalue weighted by Crippen LogP contribution is 2.45. The molecule has 17 heavy (non-hydrogen) atoms. The first kappa shape index (κ1) is 17.2. The molecule has 0 aliphatic carbocycles. The minimum absolute atomic E-state index is 0.0347. The number of halogens is 4. The molecule has 0 aromatic rings. The second kappa shape index (κ2) is 5.03. The highest BCUT2D eigenvalue weighted by Gasteiger charge is 2.51. The number of hydrogen-bond acceptors (Lipinski definition) is 0. The summed E-state index contributed by atoms with van der Waals surface area (Å²) in [4.78, 5) is 0. The van der Waals surface area contributed by atoms with Crippen LogP contribution in [-0.2, 0) is 0 Å². The lowest BCUT2D eigenvalue weighted by molar-refractivity contribution is 0.472. The zero-order valence-corrected chi connectivity index (χ0v) is 13.6. The second-order valence-electron chi connectivity index (χ2n) is 6.76. The van der Waals surface area contributed by atoms with E-state index in [1.54, 1.807) is 0 Å². The first-order valence-electron chi connectivity index (χ1n) is 5.96. The molecule has 0 N–H and O–H groups in total. The average molecular weight is 288 g/mol. The lowest BCUT2D eigenvalue weighted by Gasteiger charge is -2.30. The fourth-order valence-corrected chi connectivity index (χ4v) is 4.38. The van der Waals surface area contributed by atoms with Gasteiger partial charge >= 0.3 is 17.5 Å². The van der Waals surface area contributed by atoms with Gasteiger partial charge in [0, 0.05) is 10.1 Å². The molecule has 0 aromatic carbocycles. The molecular weight excluding hydrogens is 264 g/mol. The molecule has 0 heterocycles. The first-order chi connectivity index (χ1) is 7.21. The Bertz CT molecular complexity index is 225. The summed E-state index contributed by atoms with van der Waals surface area (Å²) in [5.41, 5.74) is 0. The van der Waals surface area contributed by atoms with Gasteiger partial charge in [0.05, 0.1) is 0 Å². The van der Waals surface area contributed by atoms with Crippen LogP contribution in [0.4, 0.5) is 16.4 Å². The van der Waals surface area contributed by atoms with E-state index in [1.165, 1.54) is 41.5 Å². The third kappa shape index (κ3) is 4.73. The van der Waals surface area contributed by atoms with Crippen LogP contribution in [-0.4, -0.2) is 17.5 Å². The van der Waals surface area contributed by atoms with Crippen molar-refractivity contribution < 1.29 is 16.4 Å². The van der Waals surface area contributed by atoms with Crippen LogP contribution in [0.3, 0.4) is 0 Å². The van der Waals surface area contributed by atoms with Crippen molar-refractivity contribution in [2.45, 2.75) is 70.1 Å². The monoisotopic (exact) mass is 288 g/mol. The first-order valence-corrected chi connectivity index (χ1v) is 9.89. The Labute approximate surface area is 105 Å². The van der Waals surface area contributed by atoms with Gasteiger partial charge in [-0.2, -0.15) is 0 Å². The van der Waals surface area contributed by atoms with Crippen LogP contribution < -0.4 is 0 Å². The van der Waals surface area contributed by atoms with E-state index in [2.05, 4.69) is 0 Å². The summed E-state index contributed by atoms with van der Waals surface area (Å²) >= 11 is 0. The van der Waals surface area contributed by atoms with E-state index in [9.17, 15) is 16.4 Å². The van der Waals surface area contributed by atoms with Gasteiger partial charge < -0.3 is 0 Å². The molecule has 104 valence electrons. The molecule has 0 spiro atoms. The lowest BCUT2D eigenvalue weighted by atomic mass is 10.2. The zero-order chi connectivity index (χ0) is 14.1. The summed E-state index contributed by atoms with van der Waals surface area (Å²) in [6, 6.07) is -0.621. The van der Waals surface area contributed by atoms with E-state index >= 15 is 0 Å². The Morgan fingerprint density at radius 3 is 1.06 bits per heavy atom. The number of hydrogen-bond donors (Lipinski definition) is 0. The minimum Gasteiger partial charge on any atom is -0.270 e. The van der Waals surface area contributed by atoms with Crippen LogP contribution in [0.1, 0.15) is 48.0 Å². The van der Waals surface area contributed by atoms with Crippen LogP contribution in [0.25, 0.3) is 0 Å². The SMILES string of the molecule is CC(C)(C)[Si](F)(F)CCC[Si](F)(F)C(C)(C)C. The summed E-state index contributed by atoms with van der Waals surface area (Å²) in [6.45, 7) is 8.99. The van der Waals surface area contributed by atoms with E-state index in [0.29, 0.717) is 0 Å². The summed E-state index contributed by atoms with van der Waals surface area (Å²) in [5.74, 6) is 0. The number of rotatable bonds is 4. The second-order valence-corrected chi connectivity index (χ2v) is 13.6. The van der Waals surface area contributed by atoms with E-state index in [0.717, 1.165) is 0 Å². The van der Waals surface area contributed by atoms with Crippen LogP contribution in [0.15, 0.2) is 0 Å². The zero-order valence-electron chi connectivity index (χ0n) is 11.6. The van der Waals surface area contributed by atoms with Crippen molar-refractivity contribution in [2.24, 2.45) is 0 Å². The molecule has 0 radical (unpaired) electrons. The summed E-state index contributed by atoms with van der Waals surface area (Å²) in [6.07, 6.45) is -0.0347. The van der Waals surface area contributed by atoms with Crippen LogP contribution in [0.5, 0.6) is 0 Å². The van der Waals surface area contributed by atoms with Crippen molar-refractivity contribution in [2.75, 3.05) is 0 Å². The molecule has 0 unspecified atom stereocenters. The van der Waals surface area contributed by atoms with Crippen molar-refractivity contribution in [3.8, 4) is 0 Å². The van der Waals surface area contributed by atoms with Gasteiger partial charge in [-0.05, 0) is 18.5 Å². The molecule has 0 saturated carbocycles. The Morgan fingerprint density at radius 2 is 0.882 bits per heavy atom. The fourth-order valence-electron chi connectivity index (χ4n) is 1.28. The molecule has 0 amide bonds. The van der Waals surface area contributed by atoms with Gasteiger partial charge in [0.1, 0.15) is 0 Å². The highest BCUT2D eigenvalue weighted by molar-refractivity contribution is 6.70. The fraction of sp³-hybridized carbons (Fsp3) is 1.00. The van der Waals surface area contributed by atoms with Crippen LogP contribution in [0.2, 0.25) is 22.2 Å². The normalized spacial score (nSPS) is 15.2. The largest absolute Gasteiger partial charge is 0.430 e. The van der Waals surface area contributed by atoms with Crippen molar-refractivity contribution in [3.63, 3.8) is 0 Å². The predicted octanol–water partition coefficient (Wildman–Crippen LogP) is 5.74. The molecule has 0 aliphatic heterocycles. The molecule has 6 heteroatoms. The molecule has 0 saturated heterocycles. The summed E-state index contributed by atoms with van der Waals surface area (Å²) in [5, 5.41) is -2.04. The summed E-state index contributed by atoms with van der Waals surface area (Å²) < 4.78 is 54.8. The van der Waals surface area contributed by atoms with Crippen molar-refractivity contribution in [1.29, 1.82) is 0 Å². The molecule has 0 aliphatic rings. The summed E-state index contributed by atoms with van der Waals surface area (Å²) in [7, 11) is -8.75. The maximum atomic E-state index is 13.7. The van der Waals surface area contributed by atoms with Gasteiger partial charge in [-0.1, -0.05) is 41.5 Å². The lowest BCUT2D eigenvalue weighted by Crippen LogP contribution is -2.37. The molecule has 0 bridgehead atoms. The maximum Gasteiger partial charge on any atom is 0.430 e. The molecule has 0 fully saturated rings. The Hall–Kier alpha value is 0.154. The van der Waals surface area contributed by atoms with Gasteiger partial charge in [-0.3, -0.25) is 16.4 Å². The molecule has 0 aromatic heterocycles. The van der Waals surface area contributed by atoms with Gasteiger partial charge in [0.25, 0.3) is 0 Å². The Morgan fingerprint density at radius 1 is 0.647 bits per heavy atom. The molecule has 0 atom stereocenters. The topological polar surface area (TPSA) is 0 Å². The average Bonchev–Trinajstić information content (AvgIpc) is 1.98. The highest BCUT2D eigenvalue weighted by atomic mass is 28.4. The van der Waals surface area contributed by atoms with Crippen molar-refractivity contribution in [1.82, 2.24) is 0 Å². The predicted molar refractivity (Wildman–Crippen MR) is 69.6 cm³/mol. The molecule has 0 nitrogen and oxygen atoms in total. The quantitative estimate of drug-likeness (QED) is 0.351. The minimum atomic E-state index is -4.37. The van der Waals surface area contributed by atoms with Crippen molar-refractivity contribution in [3.05, 3.63) is 0 Å². The van der Waals surface area contributed by atoms with Gasteiger partial charge in [-0.25, -0.2) is 0 Å². The van der Waals surface area contributed by atoms with Gasteiger partial charge in [-0.15, -0.1) is 0 Å². The maximum absolute atomic E-state index is 13.7. The van der Waals surface area contributed by atoms with Crippen molar-refractivity contribution >= 4 is 17.5 Å². The molecular formula is C11H24F4Si2. The third-order valence-corrected chi connectivity index (χ3v) is 9.53. The third-order valence-electron chi connectivity index (χ3n) is 3.18. The standard InChI is InChI=1S/C11H24F4Si2/c1-10(2,3)16(12,13)8-7-9-17(14,15)11(4,5)6/h7-9H2,1-6H3. The molecule has 0 rings (SSSR count). The van der Waals surface area contributed by atoms with Crippen LogP contribution >= 0.6 is 0 Å². The van der Waals surface area contributed by atoms with Gasteiger partial charge in [0.2, 0.25) is 0 Å². The smallest absolute Gasteiger partial charge is 0.270 e. The van der Waals surface area contributed by atoms with Gasteiger partial charge in [0.15, 0.2) is 0 Å². The van der Waals surface area contributed by atoms with E-state index in [4.69, 9.17) is 0 Å². The Balaban J connectivity index is 4.36. The Kier molecular flexibility index (Phi) is 5.08.